The van der Waals surface area contributed by atoms with Crippen LogP contribution in [0.3, 0.4) is 0 Å². The summed E-state index contributed by atoms with van der Waals surface area (Å²) in [4.78, 5) is 7.53. The monoisotopic (exact) mass is 504 g/mol. The average molecular weight is 504 g/mol. The Morgan fingerprint density at radius 2 is 1.62 bits per heavy atom. The average Bonchev–Trinajstić information content (AvgIpc) is 2.51. The van der Waals surface area contributed by atoms with E-state index in [1.54, 1.807) is 0 Å². The molecule has 1 heterocycles. The number of aliphatic imine (C=N–C) groups is 1. The van der Waals surface area contributed by atoms with Crippen LogP contribution in [0, 0.1) is 0 Å². The summed E-state index contributed by atoms with van der Waals surface area (Å²) in [5, 5.41) is 3.05. The number of hydrogen-bond acceptors (Lipinski definition) is 2. The topological polar surface area (TPSA) is 30.9 Å². The van der Waals surface area contributed by atoms with E-state index in [4.69, 9.17) is 0 Å². The van der Waals surface area contributed by atoms with Gasteiger partial charge in [-0.15, -0.1) is 24.0 Å². The molecule has 0 spiro atoms. The summed E-state index contributed by atoms with van der Waals surface area (Å²) in [6, 6.07) is -1.49. The van der Waals surface area contributed by atoms with E-state index in [0.29, 0.717) is 32.0 Å². The molecule has 0 aromatic carbocycles. The lowest BCUT2D eigenvalue weighted by atomic mass is 10.2. The van der Waals surface area contributed by atoms with E-state index in [1.807, 2.05) is 11.8 Å². The molecule has 1 aliphatic heterocycles. The molecule has 0 aliphatic carbocycles. The molecule has 0 aromatic rings. The Bertz CT molecular complexity index is 419. The summed E-state index contributed by atoms with van der Waals surface area (Å²) in [7, 11) is 0. The van der Waals surface area contributed by atoms with Crippen LogP contribution in [-0.2, 0) is 0 Å². The van der Waals surface area contributed by atoms with Crippen LogP contribution in [-0.4, -0.2) is 73.4 Å². The van der Waals surface area contributed by atoms with E-state index in [9.17, 15) is 26.3 Å². The van der Waals surface area contributed by atoms with Crippen molar-refractivity contribution >= 4 is 29.9 Å². The van der Waals surface area contributed by atoms with E-state index in [0.717, 1.165) is 6.92 Å². The molecular formula is C15H27F6IN4. The van der Waals surface area contributed by atoms with Gasteiger partial charge in [-0.05, 0) is 26.7 Å². The molecule has 1 rings (SSSR count). The fourth-order valence-electron chi connectivity index (χ4n) is 2.58. The van der Waals surface area contributed by atoms with Crippen molar-refractivity contribution in [3.05, 3.63) is 0 Å². The first-order chi connectivity index (χ1) is 11.5. The highest BCUT2D eigenvalue weighted by Gasteiger charge is 2.41. The molecule has 1 atom stereocenters. The van der Waals surface area contributed by atoms with Crippen LogP contribution >= 0.6 is 24.0 Å². The summed E-state index contributed by atoms with van der Waals surface area (Å²) >= 11 is 0. The SMILES string of the molecule is CCNC(=NCCCCC(F)(F)F)N1CCN(C(C)C(F)(F)F)CC1.I. The fourth-order valence-corrected chi connectivity index (χ4v) is 2.58. The highest BCUT2D eigenvalue weighted by Crippen LogP contribution is 2.25. The molecule has 1 N–H and O–H groups in total. The number of halogens is 7. The minimum absolute atomic E-state index is 0. The number of nitrogens with zero attached hydrogens (tertiary/aromatic N) is 3. The first-order valence-electron chi connectivity index (χ1n) is 8.45. The van der Waals surface area contributed by atoms with Crippen molar-refractivity contribution in [1.29, 1.82) is 0 Å². The van der Waals surface area contributed by atoms with Crippen LogP contribution in [0.1, 0.15) is 33.1 Å². The Labute approximate surface area is 167 Å². The van der Waals surface area contributed by atoms with Crippen LogP contribution in [0.25, 0.3) is 0 Å². The quantitative estimate of drug-likeness (QED) is 0.196. The minimum atomic E-state index is -4.25. The standard InChI is InChI=1S/C15H26F6N4.HI/c1-3-22-13(23-7-5-4-6-14(16,17)18)25-10-8-24(9-11-25)12(2)15(19,20)21;/h12H,3-11H2,1-2H3,(H,22,23);1H. The Morgan fingerprint density at radius 3 is 2.08 bits per heavy atom. The highest BCUT2D eigenvalue weighted by molar-refractivity contribution is 14.0. The lowest BCUT2D eigenvalue weighted by molar-refractivity contribution is -0.181. The number of piperazine rings is 1. The van der Waals surface area contributed by atoms with E-state index < -0.39 is 24.8 Å². The van der Waals surface area contributed by atoms with Gasteiger partial charge in [0.25, 0.3) is 0 Å². The van der Waals surface area contributed by atoms with Gasteiger partial charge in [0, 0.05) is 45.7 Å². The molecule has 1 unspecified atom stereocenters. The third-order valence-electron chi connectivity index (χ3n) is 4.10. The van der Waals surface area contributed by atoms with Gasteiger partial charge in [-0.3, -0.25) is 9.89 Å². The van der Waals surface area contributed by atoms with Gasteiger partial charge in [0.2, 0.25) is 0 Å². The highest BCUT2D eigenvalue weighted by atomic mass is 127. The second-order valence-electron chi connectivity index (χ2n) is 6.05. The lowest BCUT2D eigenvalue weighted by Gasteiger charge is -2.39. The summed E-state index contributed by atoms with van der Waals surface area (Å²) in [6.07, 6.45) is -8.89. The molecule has 0 saturated carbocycles. The molecule has 156 valence electrons. The molecule has 1 fully saturated rings. The van der Waals surface area contributed by atoms with Crippen molar-refractivity contribution in [2.24, 2.45) is 4.99 Å². The lowest BCUT2D eigenvalue weighted by Crippen LogP contribution is -2.56. The molecule has 4 nitrogen and oxygen atoms in total. The third kappa shape index (κ3) is 9.47. The van der Waals surface area contributed by atoms with E-state index in [1.165, 1.54) is 4.90 Å². The molecule has 26 heavy (non-hydrogen) atoms. The molecular weight excluding hydrogens is 477 g/mol. The summed E-state index contributed by atoms with van der Waals surface area (Å²) in [5.41, 5.74) is 0. The van der Waals surface area contributed by atoms with E-state index in [-0.39, 0.29) is 50.0 Å². The maximum absolute atomic E-state index is 12.8. The van der Waals surface area contributed by atoms with Gasteiger partial charge in [0.15, 0.2) is 5.96 Å². The van der Waals surface area contributed by atoms with E-state index in [2.05, 4.69) is 10.3 Å². The molecule has 1 aliphatic rings. The van der Waals surface area contributed by atoms with Gasteiger partial charge in [-0.25, -0.2) is 0 Å². The maximum Gasteiger partial charge on any atom is 0.403 e. The number of guanidine groups is 1. The number of rotatable bonds is 6. The zero-order chi connectivity index (χ0) is 19.1. The van der Waals surface area contributed by atoms with Gasteiger partial charge in [0.1, 0.15) is 6.04 Å². The first kappa shape index (κ1) is 25.5. The Hall–Kier alpha value is -0.460. The third-order valence-corrected chi connectivity index (χ3v) is 4.10. The molecule has 1 saturated heterocycles. The molecule has 0 radical (unpaired) electrons. The van der Waals surface area contributed by atoms with Crippen LogP contribution in [0.5, 0.6) is 0 Å². The smallest absolute Gasteiger partial charge is 0.357 e. The number of nitrogens with one attached hydrogen (secondary N) is 1. The second-order valence-corrected chi connectivity index (χ2v) is 6.05. The van der Waals surface area contributed by atoms with Crippen LogP contribution in [0.15, 0.2) is 4.99 Å². The Morgan fingerprint density at radius 1 is 1.04 bits per heavy atom. The Kier molecular flexibility index (Phi) is 11.2. The van der Waals surface area contributed by atoms with Crippen molar-refractivity contribution in [2.45, 2.75) is 51.5 Å². The number of unbranched alkanes of at least 4 members (excludes halogenated alkanes) is 1. The molecule has 0 bridgehead atoms. The predicted molar refractivity (Wildman–Crippen MR) is 100.0 cm³/mol. The predicted octanol–water partition coefficient (Wildman–Crippen LogP) is 3.87. The van der Waals surface area contributed by atoms with Crippen LogP contribution in [0.4, 0.5) is 26.3 Å². The van der Waals surface area contributed by atoms with E-state index >= 15 is 0 Å². The molecule has 0 amide bonds. The zero-order valence-corrected chi connectivity index (χ0v) is 17.3. The van der Waals surface area contributed by atoms with Gasteiger partial charge in [0.05, 0.1) is 0 Å². The zero-order valence-electron chi connectivity index (χ0n) is 15.0. The van der Waals surface area contributed by atoms with Crippen molar-refractivity contribution in [1.82, 2.24) is 15.1 Å². The molecule has 11 heteroatoms. The second kappa shape index (κ2) is 11.4. The van der Waals surface area contributed by atoms with Crippen molar-refractivity contribution in [3.8, 4) is 0 Å². The van der Waals surface area contributed by atoms with Gasteiger partial charge >= 0.3 is 12.4 Å². The Balaban J connectivity index is 0.00000625. The summed E-state index contributed by atoms with van der Waals surface area (Å²) in [6.45, 7) is 5.18. The summed E-state index contributed by atoms with van der Waals surface area (Å²) < 4.78 is 74.6. The normalized spacial score (nSPS) is 18.5. The van der Waals surface area contributed by atoms with Crippen molar-refractivity contribution in [3.63, 3.8) is 0 Å². The van der Waals surface area contributed by atoms with Crippen LogP contribution < -0.4 is 5.32 Å². The minimum Gasteiger partial charge on any atom is -0.357 e. The van der Waals surface area contributed by atoms with Gasteiger partial charge < -0.3 is 10.2 Å². The first-order valence-corrected chi connectivity index (χ1v) is 8.45. The van der Waals surface area contributed by atoms with Crippen LogP contribution in [0.2, 0.25) is 0 Å². The van der Waals surface area contributed by atoms with Crippen molar-refractivity contribution < 1.29 is 26.3 Å². The largest absolute Gasteiger partial charge is 0.403 e. The van der Waals surface area contributed by atoms with Crippen molar-refractivity contribution in [2.75, 3.05) is 39.3 Å². The number of alkyl halides is 6. The molecule has 0 aromatic heterocycles. The number of hydrogen-bond donors (Lipinski definition) is 1. The summed E-state index contributed by atoms with van der Waals surface area (Å²) in [5.74, 6) is 0.550. The van der Waals surface area contributed by atoms with Gasteiger partial charge in [-0.2, -0.15) is 26.3 Å². The van der Waals surface area contributed by atoms with Gasteiger partial charge in [-0.1, -0.05) is 0 Å². The fraction of sp³-hybridized carbons (Fsp3) is 0.933. The maximum atomic E-state index is 12.8.